The fraction of sp³-hybridized carbons (Fsp3) is 0.200. The third-order valence-electron chi connectivity index (χ3n) is 1.87. The lowest BCUT2D eigenvalue weighted by atomic mass is 10.2. The number of nitrogens with zero attached hydrogens (tertiary/aromatic N) is 2. The maximum atomic E-state index is 4.37. The zero-order chi connectivity index (χ0) is 9.26. The molecule has 0 atom stereocenters. The van der Waals surface area contributed by atoms with Gasteiger partial charge in [0.15, 0.2) is 0 Å². The van der Waals surface area contributed by atoms with E-state index in [1.54, 1.807) is 11.8 Å². The van der Waals surface area contributed by atoms with Gasteiger partial charge in [-0.05, 0) is 19.2 Å². The fourth-order valence-corrected chi connectivity index (χ4v) is 1.93. The van der Waals surface area contributed by atoms with Gasteiger partial charge in [-0.25, -0.2) is 9.97 Å². The van der Waals surface area contributed by atoms with Crippen molar-refractivity contribution in [3.05, 3.63) is 30.1 Å². The van der Waals surface area contributed by atoms with Gasteiger partial charge in [-0.3, -0.25) is 0 Å². The molecule has 3 heteroatoms. The third-order valence-corrected chi connectivity index (χ3v) is 2.57. The molecule has 0 fully saturated rings. The fourth-order valence-electron chi connectivity index (χ4n) is 1.31. The SMILES string of the molecule is CSc1nc(C)nc2ccccc12. The smallest absolute Gasteiger partial charge is 0.127 e. The van der Waals surface area contributed by atoms with E-state index < -0.39 is 0 Å². The van der Waals surface area contributed by atoms with Crippen molar-refractivity contribution >= 4 is 22.7 Å². The molecule has 0 aliphatic rings. The summed E-state index contributed by atoms with van der Waals surface area (Å²) in [4.78, 5) is 8.73. The number of thioether (sulfide) groups is 1. The van der Waals surface area contributed by atoms with Crippen LogP contribution < -0.4 is 0 Å². The molecular formula is C10H10N2S. The highest BCUT2D eigenvalue weighted by molar-refractivity contribution is 7.98. The molecule has 2 nitrogen and oxygen atoms in total. The summed E-state index contributed by atoms with van der Waals surface area (Å²) in [6.07, 6.45) is 2.04. The number of hydrogen-bond acceptors (Lipinski definition) is 3. The van der Waals surface area contributed by atoms with Crippen LogP contribution in [0.3, 0.4) is 0 Å². The zero-order valence-electron chi connectivity index (χ0n) is 7.61. The van der Waals surface area contributed by atoms with Crippen molar-refractivity contribution in [2.24, 2.45) is 0 Å². The van der Waals surface area contributed by atoms with Gasteiger partial charge in [0.1, 0.15) is 10.9 Å². The van der Waals surface area contributed by atoms with E-state index in [9.17, 15) is 0 Å². The highest BCUT2D eigenvalue weighted by atomic mass is 32.2. The number of benzene rings is 1. The zero-order valence-corrected chi connectivity index (χ0v) is 8.43. The Bertz CT molecular complexity index is 440. The average Bonchev–Trinajstić information content (AvgIpc) is 2.16. The van der Waals surface area contributed by atoms with E-state index in [0.717, 1.165) is 21.8 Å². The van der Waals surface area contributed by atoms with Crippen LogP contribution in [0, 0.1) is 6.92 Å². The van der Waals surface area contributed by atoms with E-state index in [-0.39, 0.29) is 0 Å². The standard InChI is InChI=1S/C10H10N2S/c1-7-11-9-6-4-3-5-8(9)10(12-7)13-2/h3-6H,1-2H3. The number of aryl methyl sites for hydroxylation is 1. The Balaban J connectivity index is 2.81. The molecule has 13 heavy (non-hydrogen) atoms. The molecule has 0 unspecified atom stereocenters. The van der Waals surface area contributed by atoms with Crippen LogP contribution in [0.2, 0.25) is 0 Å². The van der Waals surface area contributed by atoms with Crippen molar-refractivity contribution in [3.8, 4) is 0 Å². The molecule has 1 aromatic carbocycles. The first-order valence-electron chi connectivity index (χ1n) is 4.08. The van der Waals surface area contributed by atoms with Gasteiger partial charge in [-0.2, -0.15) is 0 Å². The summed E-state index contributed by atoms with van der Waals surface area (Å²) in [5, 5.41) is 2.20. The minimum Gasteiger partial charge on any atom is -0.233 e. The van der Waals surface area contributed by atoms with E-state index in [4.69, 9.17) is 0 Å². The van der Waals surface area contributed by atoms with Gasteiger partial charge in [0.25, 0.3) is 0 Å². The minimum atomic E-state index is 0.836. The maximum absolute atomic E-state index is 4.37. The van der Waals surface area contributed by atoms with Crippen LogP contribution in [-0.2, 0) is 0 Å². The number of para-hydroxylation sites is 1. The van der Waals surface area contributed by atoms with Crippen LogP contribution >= 0.6 is 11.8 Å². The van der Waals surface area contributed by atoms with Crippen LogP contribution in [0.15, 0.2) is 29.3 Å². The Kier molecular flexibility index (Phi) is 2.19. The highest BCUT2D eigenvalue weighted by Crippen LogP contribution is 2.22. The van der Waals surface area contributed by atoms with Crippen LogP contribution in [0.5, 0.6) is 0 Å². The Hall–Kier alpha value is -1.09. The maximum Gasteiger partial charge on any atom is 0.127 e. The molecule has 2 rings (SSSR count). The molecule has 0 saturated carbocycles. The first-order valence-corrected chi connectivity index (χ1v) is 5.31. The number of fused-ring (bicyclic) bond motifs is 1. The summed E-state index contributed by atoms with van der Waals surface area (Å²) in [5.74, 6) is 0.836. The Morgan fingerprint density at radius 1 is 1.15 bits per heavy atom. The minimum absolute atomic E-state index is 0.836. The quantitative estimate of drug-likeness (QED) is 0.510. The summed E-state index contributed by atoms with van der Waals surface area (Å²) in [6, 6.07) is 8.09. The largest absolute Gasteiger partial charge is 0.233 e. The second-order valence-corrected chi connectivity index (χ2v) is 3.59. The van der Waals surface area contributed by atoms with Crippen LogP contribution in [0.4, 0.5) is 0 Å². The van der Waals surface area contributed by atoms with E-state index in [2.05, 4.69) is 16.0 Å². The molecule has 0 aliphatic carbocycles. The van der Waals surface area contributed by atoms with Gasteiger partial charge in [0, 0.05) is 5.39 Å². The van der Waals surface area contributed by atoms with Crippen LogP contribution in [0.25, 0.3) is 10.9 Å². The molecule has 0 spiro atoms. The van der Waals surface area contributed by atoms with Crippen molar-refractivity contribution in [3.63, 3.8) is 0 Å². The Morgan fingerprint density at radius 2 is 1.92 bits per heavy atom. The molecule has 2 aromatic rings. The molecule has 0 bridgehead atoms. The normalized spacial score (nSPS) is 10.6. The van der Waals surface area contributed by atoms with E-state index in [1.165, 1.54) is 0 Å². The van der Waals surface area contributed by atoms with Gasteiger partial charge in [0.2, 0.25) is 0 Å². The van der Waals surface area contributed by atoms with Crippen molar-refractivity contribution in [2.45, 2.75) is 11.9 Å². The third kappa shape index (κ3) is 1.52. The molecule has 0 aliphatic heterocycles. The molecule has 1 heterocycles. The van der Waals surface area contributed by atoms with Crippen molar-refractivity contribution in [1.29, 1.82) is 0 Å². The first kappa shape index (κ1) is 8.51. The second-order valence-electron chi connectivity index (χ2n) is 2.80. The molecule has 0 N–H and O–H groups in total. The summed E-state index contributed by atoms with van der Waals surface area (Å²) in [5.41, 5.74) is 1.03. The van der Waals surface area contributed by atoms with E-state index in [1.807, 2.05) is 31.4 Å². The van der Waals surface area contributed by atoms with Gasteiger partial charge < -0.3 is 0 Å². The Labute approximate surface area is 81.4 Å². The van der Waals surface area contributed by atoms with Gasteiger partial charge in [0.05, 0.1) is 5.52 Å². The topological polar surface area (TPSA) is 25.8 Å². The summed E-state index contributed by atoms with van der Waals surface area (Å²) >= 11 is 1.66. The van der Waals surface area contributed by atoms with Gasteiger partial charge in [-0.15, -0.1) is 11.8 Å². The Morgan fingerprint density at radius 3 is 2.69 bits per heavy atom. The molecule has 1 aromatic heterocycles. The summed E-state index contributed by atoms with van der Waals surface area (Å²) < 4.78 is 0. The molecule has 0 radical (unpaired) electrons. The van der Waals surface area contributed by atoms with Crippen LogP contribution in [-0.4, -0.2) is 16.2 Å². The van der Waals surface area contributed by atoms with Crippen LogP contribution in [0.1, 0.15) is 5.82 Å². The predicted octanol–water partition coefficient (Wildman–Crippen LogP) is 2.66. The molecule has 0 saturated heterocycles. The van der Waals surface area contributed by atoms with Crippen molar-refractivity contribution < 1.29 is 0 Å². The number of aromatic nitrogens is 2. The predicted molar refractivity (Wildman–Crippen MR) is 56.1 cm³/mol. The van der Waals surface area contributed by atoms with E-state index in [0.29, 0.717) is 0 Å². The first-order chi connectivity index (χ1) is 6.31. The lowest BCUT2D eigenvalue weighted by molar-refractivity contribution is 1.01. The lowest BCUT2D eigenvalue weighted by Gasteiger charge is -2.02. The average molecular weight is 190 g/mol. The highest BCUT2D eigenvalue weighted by Gasteiger charge is 2.02. The van der Waals surface area contributed by atoms with E-state index >= 15 is 0 Å². The number of hydrogen-bond donors (Lipinski definition) is 0. The van der Waals surface area contributed by atoms with Crippen molar-refractivity contribution in [1.82, 2.24) is 9.97 Å². The summed E-state index contributed by atoms with van der Waals surface area (Å²) in [7, 11) is 0. The van der Waals surface area contributed by atoms with Gasteiger partial charge >= 0.3 is 0 Å². The molecular weight excluding hydrogens is 180 g/mol. The summed E-state index contributed by atoms with van der Waals surface area (Å²) in [6.45, 7) is 1.92. The molecule has 66 valence electrons. The van der Waals surface area contributed by atoms with Crippen molar-refractivity contribution in [2.75, 3.05) is 6.26 Å². The monoisotopic (exact) mass is 190 g/mol. The molecule has 0 amide bonds. The number of rotatable bonds is 1. The van der Waals surface area contributed by atoms with Gasteiger partial charge in [-0.1, -0.05) is 18.2 Å². The lowest BCUT2D eigenvalue weighted by Crippen LogP contribution is -1.91. The second kappa shape index (κ2) is 3.34.